The molecule has 9 heteroatoms. The lowest BCUT2D eigenvalue weighted by atomic mass is 10.1. The summed E-state index contributed by atoms with van der Waals surface area (Å²) in [6.45, 7) is 2.47. The standard InChI is InChI=1S/C21H23N3O4S2/c1-3-4-10-22-21(26)18-13-23-19-9-8-16(12-17(19)20(18)25)30(27,28)24-14-6-5-7-15(11-14)29-2/h5-9,11-13,24H,3-4,10H2,1-2H3,(H,22,26)(H,23,25). The zero-order chi connectivity index (χ0) is 21.7. The molecule has 0 atom stereocenters. The number of carbonyl (C=O) groups excluding carboxylic acids is 1. The zero-order valence-corrected chi connectivity index (χ0v) is 18.3. The Kier molecular flexibility index (Phi) is 6.84. The van der Waals surface area contributed by atoms with Gasteiger partial charge in [-0.15, -0.1) is 11.8 Å². The Bertz CT molecular complexity index is 1240. The van der Waals surface area contributed by atoms with E-state index >= 15 is 0 Å². The van der Waals surface area contributed by atoms with Crippen LogP contribution in [-0.4, -0.2) is 32.1 Å². The molecule has 158 valence electrons. The lowest BCUT2D eigenvalue weighted by Crippen LogP contribution is -2.29. The number of hydrogen-bond donors (Lipinski definition) is 3. The van der Waals surface area contributed by atoms with Crippen LogP contribution in [0.3, 0.4) is 0 Å². The van der Waals surface area contributed by atoms with Crippen LogP contribution < -0.4 is 15.5 Å². The van der Waals surface area contributed by atoms with Crippen LogP contribution in [0.1, 0.15) is 30.1 Å². The van der Waals surface area contributed by atoms with E-state index in [4.69, 9.17) is 0 Å². The molecule has 0 saturated heterocycles. The molecule has 0 bridgehead atoms. The Morgan fingerprint density at radius 2 is 1.97 bits per heavy atom. The third-order valence-electron chi connectivity index (χ3n) is 4.55. The van der Waals surface area contributed by atoms with Crippen molar-refractivity contribution in [1.82, 2.24) is 10.3 Å². The molecule has 0 fully saturated rings. The first kappa shape index (κ1) is 21.9. The summed E-state index contributed by atoms with van der Waals surface area (Å²) in [7, 11) is -3.91. The molecule has 0 radical (unpaired) electrons. The Morgan fingerprint density at radius 3 is 2.70 bits per heavy atom. The fraction of sp³-hybridized carbons (Fsp3) is 0.238. The number of anilines is 1. The van der Waals surface area contributed by atoms with E-state index in [0.29, 0.717) is 17.7 Å². The van der Waals surface area contributed by atoms with Crippen LogP contribution in [0.5, 0.6) is 0 Å². The predicted molar refractivity (Wildman–Crippen MR) is 121 cm³/mol. The van der Waals surface area contributed by atoms with Gasteiger partial charge in [-0.3, -0.25) is 14.3 Å². The summed E-state index contributed by atoms with van der Waals surface area (Å²) in [5, 5.41) is 2.84. The first-order valence-corrected chi connectivity index (χ1v) is 12.2. The molecule has 3 N–H and O–H groups in total. The molecule has 7 nitrogen and oxygen atoms in total. The number of sulfonamides is 1. The minimum absolute atomic E-state index is 0.0474. The van der Waals surface area contributed by atoms with E-state index in [9.17, 15) is 18.0 Å². The smallest absolute Gasteiger partial charge is 0.261 e. The molecule has 2 aromatic carbocycles. The van der Waals surface area contributed by atoms with Crippen LogP contribution in [-0.2, 0) is 10.0 Å². The van der Waals surface area contributed by atoms with Crippen molar-refractivity contribution in [3.63, 3.8) is 0 Å². The fourth-order valence-electron chi connectivity index (χ4n) is 2.91. The van der Waals surface area contributed by atoms with Crippen molar-refractivity contribution in [1.29, 1.82) is 0 Å². The number of hydrogen-bond acceptors (Lipinski definition) is 5. The molecule has 0 aliphatic carbocycles. The number of rotatable bonds is 8. The van der Waals surface area contributed by atoms with E-state index in [2.05, 4.69) is 15.0 Å². The lowest BCUT2D eigenvalue weighted by molar-refractivity contribution is 0.0952. The second kappa shape index (κ2) is 9.36. The maximum Gasteiger partial charge on any atom is 0.261 e. The molecule has 0 aliphatic heterocycles. The van der Waals surface area contributed by atoms with Crippen LogP contribution >= 0.6 is 11.8 Å². The third-order valence-corrected chi connectivity index (χ3v) is 6.65. The van der Waals surface area contributed by atoms with Crippen LogP contribution in [0.25, 0.3) is 10.9 Å². The van der Waals surface area contributed by atoms with Crippen molar-refractivity contribution < 1.29 is 13.2 Å². The van der Waals surface area contributed by atoms with Crippen molar-refractivity contribution in [2.24, 2.45) is 0 Å². The second-order valence-corrected chi connectivity index (χ2v) is 9.25. The maximum absolute atomic E-state index is 12.8. The highest BCUT2D eigenvalue weighted by Crippen LogP contribution is 2.23. The highest BCUT2D eigenvalue weighted by molar-refractivity contribution is 7.98. The van der Waals surface area contributed by atoms with Gasteiger partial charge in [0.25, 0.3) is 15.9 Å². The molecule has 1 amide bonds. The van der Waals surface area contributed by atoms with E-state index in [1.807, 2.05) is 19.2 Å². The number of benzene rings is 2. The van der Waals surface area contributed by atoms with Gasteiger partial charge in [0.2, 0.25) is 5.43 Å². The fourth-order valence-corrected chi connectivity index (χ4v) is 4.44. The number of fused-ring (bicyclic) bond motifs is 1. The van der Waals surface area contributed by atoms with Gasteiger partial charge in [-0.2, -0.15) is 0 Å². The Balaban J connectivity index is 1.95. The molecule has 3 rings (SSSR count). The second-order valence-electron chi connectivity index (χ2n) is 6.69. The molecule has 1 aromatic heterocycles. The molecule has 0 spiro atoms. The van der Waals surface area contributed by atoms with Gasteiger partial charge in [0.1, 0.15) is 5.56 Å². The molecule has 30 heavy (non-hydrogen) atoms. The van der Waals surface area contributed by atoms with E-state index < -0.39 is 21.4 Å². The number of nitrogens with one attached hydrogen (secondary N) is 3. The normalized spacial score (nSPS) is 11.4. The number of amides is 1. The first-order valence-electron chi connectivity index (χ1n) is 9.46. The molecule has 0 unspecified atom stereocenters. The zero-order valence-electron chi connectivity index (χ0n) is 16.7. The van der Waals surface area contributed by atoms with Crippen LogP contribution in [0.2, 0.25) is 0 Å². The molecular weight excluding hydrogens is 422 g/mol. The van der Waals surface area contributed by atoms with Crippen LogP contribution in [0, 0.1) is 0 Å². The minimum Gasteiger partial charge on any atom is -0.360 e. The largest absolute Gasteiger partial charge is 0.360 e. The highest BCUT2D eigenvalue weighted by Gasteiger charge is 2.18. The molecule has 0 saturated carbocycles. The highest BCUT2D eigenvalue weighted by atomic mass is 32.2. The van der Waals surface area contributed by atoms with Gasteiger partial charge in [0.15, 0.2) is 0 Å². The number of unbranched alkanes of at least 4 members (excludes halogenated alkanes) is 1. The van der Waals surface area contributed by atoms with Gasteiger partial charge >= 0.3 is 0 Å². The van der Waals surface area contributed by atoms with Crippen LogP contribution in [0.15, 0.2) is 63.2 Å². The van der Waals surface area contributed by atoms with Crippen molar-refractivity contribution in [2.75, 3.05) is 17.5 Å². The van der Waals surface area contributed by atoms with Crippen LogP contribution in [0.4, 0.5) is 5.69 Å². The van der Waals surface area contributed by atoms with E-state index in [0.717, 1.165) is 17.7 Å². The summed E-state index contributed by atoms with van der Waals surface area (Å²) in [6.07, 6.45) is 4.98. The van der Waals surface area contributed by atoms with Gasteiger partial charge in [-0.1, -0.05) is 19.4 Å². The van der Waals surface area contributed by atoms with E-state index in [1.54, 1.807) is 18.2 Å². The monoisotopic (exact) mass is 445 g/mol. The van der Waals surface area contributed by atoms with Crippen molar-refractivity contribution in [3.05, 3.63) is 64.4 Å². The number of aromatic amines is 1. The number of pyridine rings is 1. The van der Waals surface area contributed by atoms with Gasteiger partial charge in [0.05, 0.1) is 4.90 Å². The summed E-state index contributed by atoms with van der Waals surface area (Å²) in [4.78, 5) is 28.9. The van der Waals surface area contributed by atoms with Gasteiger partial charge in [0, 0.05) is 34.2 Å². The number of aromatic nitrogens is 1. The summed E-state index contributed by atoms with van der Waals surface area (Å²) in [6, 6.07) is 11.3. The molecular formula is C21H23N3O4S2. The Morgan fingerprint density at radius 1 is 1.17 bits per heavy atom. The summed E-state index contributed by atoms with van der Waals surface area (Å²) in [5.41, 5.74) is 0.321. The topological polar surface area (TPSA) is 108 Å². The first-order chi connectivity index (χ1) is 14.4. The number of thioether (sulfide) groups is 1. The van der Waals surface area contributed by atoms with Gasteiger partial charge < -0.3 is 10.3 Å². The summed E-state index contributed by atoms with van der Waals surface area (Å²) < 4.78 is 28.2. The minimum atomic E-state index is -3.91. The SMILES string of the molecule is CCCCNC(=O)c1c[nH]c2ccc(S(=O)(=O)Nc3cccc(SC)c3)cc2c1=O. The summed E-state index contributed by atoms with van der Waals surface area (Å²) >= 11 is 1.50. The molecule has 0 aliphatic rings. The molecule has 3 aromatic rings. The van der Waals surface area contributed by atoms with Crippen molar-refractivity contribution in [2.45, 2.75) is 29.6 Å². The number of H-pyrrole nitrogens is 1. The van der Waals surface area contributed by atoms with E-state index in [-0.39, 0.29) is 15.8 Å². The number of carbonyl (C=O) groups is 1. The van der Waals surface area contributed by atoms with Gasteiger partial charge in [-0.25, -0.2) is 8.42 Å². The maximum atomic E-state index is 12.8. The van der Waals surface area contributed by atoms with E-state index in [1.165, 1.54) is 36.2 Å². The average Bonchev–Trinajstić information content (AvgIpc) is 2.73. The summed E-state index contributed by atoms with van der Waals surface area (Å²) in [5.74, 6) is -0.480. The average molecular weight is 446 g/mol. The predicted octanol–water partition coefficient (Wildman–Crippen LogP) is 3.58. The van der Waals surface area contributed by atoms with Gasteiger partial charge in [-0.05, 0) is 49.1 Å². The Hall–Kier alpha value is -2.78. The lowest BCUT2D eigenvalue weighted by Gasteiger charge is -2.10. The third kappa shape index (κ3) is 4.85. The molecule has 1 heterocycles. The van der Waals surface area contributed by atoms with Crippen molar-refractivity contribution in [3.8, 4) is 0 Å². The van der Waals surface area contributed by atoms with Crippen molar-refractivity contribution >= 4 is 44.3 Å². The Labute approximate surface area is 179 Å². The quantitative estimate of drug-likeness (QED) is 0.363.